The fourth-order valence-electron chi connectivity index (χ4n) is 4.88. The predicted molar refractivity (Wildman–Crippen MR) is 127 cm³/mol. The molecular formula is C27H23I. The van der Waals surface area contributed by atoms with Gasteiger partial charge in [-0.25, -0.2) is 0 Å². The van der Waals surface area contributed by atoms with Gasteiger partial charge in [0.05, 0.1) is 5.41 Å². The Hall–Kier alpha value is -2.13. The van der Waals surface area contributed by atoms with Crippen molar-refractivity contribution in [1.29, 1.82) is 0 Å². The summed E-state index contributed by atoms with van der Waals surface area (Å²) in [5.41, 5.74) is 9.41. The largest absolute Gasteiger partial charge is 0.0811 e. The summed E-state index contributed by atoms with van der Waals surface area (Å²) in [7, 11) is 0. The predicted octanol–water partition coefficient (Wildman–Crippen LogP) is 7.44. The van der Waals surface area contributed by atoms with E-state index < -0.39 is 0 Å². The fourth-order valence-corrected chi connectivity index (χ4v) is 5.67. The first kappa shape index (κ1) is 17.9. The van der Waals surface area contributed by atoms with Gasteiger partial charge < -0.3 is 0 Å². The van der Waals surface area contributed by atoms with Gasteiger partial charge in [-0.15, -0.1) is 0 Å². The van der Waals surface area contributed by atoms with E-state index in [1.807, 2.05) is 0 Å². The third-order valence-electron chi connectivity index (χ3n) is 6.25. The molecule has 0 N–H and O–H groups in total. The number of aryl methyl sites for hydroxylation is 1. The Morgan fingerprint density at radius 2 is 1.64 bits per heavy atom. The summed E-state index contributed by atoms with van der Waals surface area (Å²) in [5.74, 6) is 0.603. The molecule has 0 radical (unpaired) electrons. The lowest BCUT2D eigenvalue weighted by Crippen LogP contribution is -2.30. The molecule has 2 aliphatic rings. The zero-order valence-corrected chi connectivity index (χ0v) is 18.4. The van der Waals surface area contributed by atoms with E-state index in [1.54, 1.807) is 0 Å². The SMILES string of the molecule is Cc1ccc(C2(C3=CCC(C)C=C3)c3ccccc3-c3c(I)cccc32)cc1. The second-order valence-electron chi connectivity index (χ2n) is 8.06. The summed E-state index contributed by atoms with van der Waals surface area (Å²) < 4.78 is 1.32. The molecule has 0 bridgehead atoms. The molecular weight excluding hydrogens is 451 g/mol. The highest BCUT2D eigenvalue weighted by Crippen LogP contribution is 2.57. The molecule has 3 aromatic carbocycles. The highest BCUT2D eigenvalue weighted by Gasteiger charge is 2.47. The Kier molecular flexibility index (Phi) is 4.31. The first-order valence-corrected chi connectivity index (χ1v) is 11.0. The van der Waals surface area contributed by atoms with Gasteiger partial charge in [-0.2, -0.15) is 0 Å². The minimum Gasteiger partial charge on any atom is -0.0811 e. The van der Waals surface area contributed by atoms with Crippen molar-refractivity contribution in [2.24, 2.45) is 5.92 Å². The zero-order valence-electron chi connectivity index (χ0n) is 16.2. The average molecular weight is 474 g/mol. The second-order valence-corrected chi connectivity index (χ2v) is 9.22. The summed E-state index contributed by atoms with van der Waals surface area (Å²) in [6, 6.07) is 24.9. The van der Waals surface area contributed by atoms with Crippen molar-refractivity contribution in [3.63, 3.8) is 0 Å². The molecule has 0 aromatic heterocycles. The number of halogens is 1. The minimum atomic E-state index is -0.239. The van der Waals surface area contributed by atoms with Crippen LogP contribution in [0.5, 0.6) is 0 Å². The van der Waals surface area contributed by atoms with Gasteiger partial charge >= 0.3 is 0 Å². The maximum atomic E-state index is 2.50. The van der Waals surface area contributed by atoms with Gasteiger partial charge in [0.1, 0.15) is 0 Å². The van der Waals surface area contributed by atoms with Crippen molar-refractivity contribution < 1.29 is 0 Å². The molecule has 0 saturated carbocycles. The number of hydrogen-bond acceptors (Lipinski definition) is 0. The van der Waals surface area contributed by atoms with Crippen LogP contribution in [0.1, 0.15) is 35.6 Å². The van der Waals surface area contributed by atoms with Gasteiger partial charge in [-0.05, 0) is 75.7 Å². The van der Waals surface area contributed by atoms with Crippen molar-refractivity contribution >= 4 is 22.6 Å². The third-order valence-corrected chi connectivity index (χ3v) is 7.15. The summed E-state index contributed by atoms with van der Waals surface area (Å²) in [6.45, 7) is 4.46. The number of fused-ring (bicyclic) bond motifs is 3. The second kappa shape index (κ2) is 6.73. The van der Waals surface area contributed by atoms with Crippen LogP contribution in [-0.2, 0) is 5.41 Å². The first-order chi connectivity index (χ1) is 13.6. The number of rotatable bonds is 2. The standard InChI is InChI=1S/C27H23I/c1-18-10-14-20(15-11-18)27(21-16-12-19(2)13-17-21)23-7-4-3-6-22(23)26-24(27)8-5-9-25(26)28/h3-12,14-17,19H,13H2,1-2H3. The van der Waals surface area contributed by atoms with E-state index in [9.17, 15) is 0 Å². The Balaban J connectivity index is 1.92. The molecule has 0 fully saturated rings. The van der Waals surface area contributed by atoms with Crippen LogP contribution in [0, 0.1) is 16.4 Å². The van der Waals surface area contributed by atoms with Crippen LogP contribution in [0.3, 0.4) is 0 Å². The molecule has 2 aliphatic carbocycles. The Bertz CT molecular complexity index is 1120. The summed E-state index contributed by atoms with van der Waals surface area (Å²) >= 11 is 2.50. The smallest absolute Gasteiger partial charge is 0.0710 e. The van der Waals surface area contributed by atoms with Crippen molar-refractivity contribution in [3.05, 3.63) is 116 Å². The molecule has 2 atom stereocenters. The molecule has 1 heteroatoms. The molecule has 2 unspecified atom stereocenters. The number of allylic oxidation sites excluding steroid dienone is 4. The molecule has 3 aromatic rings. The van der Waals surface area contributed by atoms with Gasteiger partial charge in [0.2, 0.25) is 0 Å². The van der Waals surface area contributed by atoms with E-state index in [4.69, 9.17) is 0 Å². The normalized spacial score (nSPS) is 22.5. The van der Waals surface area contributed by atoms with Crippen LogP contribution >= 0.6 is 22.6 Å². The lowest BCUT2D eigenvalue weighted by molar-refractivity contribution is 0.691. The molecule has 5 rings (SSSR count). The van der Waals surface area contributed by atoms with Crippen LogP contribution in [0.15, 0.2) is 90.5 Å². The van der Waals surface area contributed by atoms with Crippen LogP contribution in [0.2, 0.25) is 0 Å². The first-order valence-electron chi connectivity index (χ1n) is 9.97. The molecule has 0 aliphatic heterocycles. The van der Waals surface area contributed by atoms with E-state index in [1.165, 1.54) is 42.5 Å². The number of hydrogen-bond donors (Lipinski definition) is 0. The molecule has 28 heavy (non-hydrogen) atoms. The summed E-state index contributed by atoms with van der Waals surface area (Å²) in [5, 5.41) is 0. The molecule has 0 heterocycles. The molecule has 0 saturated heterocycles. The topological polar surface area (TPSA) is 0 Å². The maximum Gasteiger partial charge on any atom is 0.0710 e. The van der Waals surface area contributed by atoms with Crippen LogP contribution < -0.4 is 0 Å². The van der Waals surface area contributed by atoms with Crippen molar-refractivity contribution in [3.8, 4) is 11.1 Å². The van der Waals surface area contributed by atoms with Crippen LogP contribution in [0.25, 0.3) is 11.1 Å². The lowest BCUT2D eigenvalue weighted by Gasteiger charge is -2.36. The Morgan fingerprint density at radius 3 is 2.39 bits per heavy atom. The summed E-state index contributed by atoms with van der Waals surface area (Å²) in [6.07, 6.45) is 8.32. The van der Waals surface area contributed by atoms with E-state index in [-0.39, 0.29) is 5.41 Å². The van der Waals surface area contributed by atoms with Crippen molar-refractivity contribution in [1.82, 2.24) is 0 Å². The third kappa shape index (κ3) is 2.49. The van der Waals surface area contributed by atoms with Crippen LogP contribution in [0.4, 0.5) is 0 Å². The zero-order chi connectivity index (χ0) is 19.3. The van der Waals surface area contributed by atoms with E-state index in [2.05, 4.69) is 121 Å². The summed E-state index contributed by atoms with van der Waals surface area (Å²) in [4.78, 5) is 0. The molecule has 138 valence electrons. The molecule has 0 nitrogen and oxygen atoms in total. The quantitative estimate of drug-likeness (QED) is 0.339. The highest BCUT2D eigenvalue weighted by molar-refractivity contribution is 14.1. The fraction of sp³-hybridized carbons (Fsp3) is 0.185. The van der Waals surface area contributed by atoms with Gasteiger partial charge in [0.15, 0.2) is 0 Å². The Morgan fingerprint density at radius 1 is 0.893 bits per heavy atom. The lowest BCUT2D eigenvalue weighted by atomic mass is 9.66. The van der Waals surface area contributed by atoms with Crippen molar-refractivity contribution in [2.75, 3.05) is 0 Å². The van der Waals surface area contributed by atoms with E-state index >= 15 is 0 Å². The van der Waals surface area contributed by atoms with Gasteiger partial charge in [0, 0.05) is 9.13 Å². The minimum absolute atomic E-state index is 0.239. The van der Waals surface area contributed by atoms with Crippen molar-refractivity contribution in [2.45, 2.75) is 25.7 Å². The maximum absolute atomic E-state index is 2.50. The van der Waals surface area contributed by atoms with E-state index in [0.29, 0.717) is 5.92 Å². The van der Waals surface area contributed by atoms with Gasteiger partial charge in [-0.3, -0.25) is 0 Å². The molecule has 0 amide bonds. The number of benzene rings is 3. The van der Waals surface area contributed by atoms with Crippen LogP contribution in [-0.4, -0.2) is 0 Å². The van der Waals surface area contributed by atoms with Gasteiger partial charge in [-0.1, -0.05) is 91.4 Å². The average Bonchev–Trinajstić information content (AvgIpc) is 3.02. The monoisotopic (exact) mass is 474 g/mol. The Labute approximate surface area is 181 Å². The van der Waals surface area contributed by atoms with Gasteiger partial charge in [0.25, 0.3) is 0 Å². The highest BCUT2D eigenvalue weighted by atomic mass is 127. The van der Waals surface area contributed by atoms with E-state index in [0.717, 1.165) is 6.42 Å². The molecule has 0 spiro atoms.